The van der Waals surface area contributed by atoms with Gasteiger partial charge in [0.1, 0.15) is 0 Å². The number of aromatic nitrogens is 4. The Hall–Kier alpha value is -0.566. The van der Waals surface area contributed by atoms with Crippen LogP contribution >= 0.6 is 0 Å². The first-order chi connectivity index (χ1) is 3.00. The van der Waals surface area contributed by atoms with Gasteiger partial charge in [0, 0.05) is 16.5 Å². The van der Waals surface area contributed by atoms with Crippen molar-refractivity contribution in [3.63, 3.8) is 0 Å². The Balaban J connectivity index is 0.000000360. The molecule has 1 rings (SSSR count). The zero-order chi connectivity index (χ0) is 4.24. The Morgan fingerprint density at radius 2 is 1.29 bits per heavy atom. The number of rotatable bonds is 0. The maximum atomic E-state index is 3.36. The van der Waals surface area contributed by atoms with Gasteiger partial charge in [-0.05, 0) is 10.4 Å². The van der Waals surface area contributed by atoms with Crippen molar-refractivity contribution < 1.29 is 16.5 Å². The molecule has 0 N–H and O–H groups in total. The first-order valence-corrected chi connectivity index (χ1v) is 1.45. The normalized spacial score (nSPS) is 6.86. The van der Waals surface area contributed by atoms with Gasteiger partial charge in [-0.2, -0.15) is 0 Å². The quantitative estimate of drug-likeness (QED) is 0.446. The average molecular weight is 141 g/mol. The van der Waals surface area contributed by atoms with Gasteiger partial charge in [-0.15, -0.1) is 10.2 Å². The second-order valence-corrected chi connectivity index (χ2v) is 0.708. The van der Waals surface area contributed by atoms with Crippen molar-refractivity contribution in [1.29, 1.82) is 0 Å². The molecule has 0 radical (unpaired) electrons. The van der Waals surface area contributed by atoms with E-state index in [2.05, 4.69) is 20.6 Å². The zero-order valence-electron chi connectivity index (χ0n) is 3.26. The van der Waals surface area contributed by atoms with Gasteiger partial charge in [-0.1, -0.05) is 0 Å². The molecule has 4 nitrogen and oxygen atoms in total. The molecule has 0 spiro atoms. The molecule has 0 unspecified atom stereocenters. The average Bonchev–Trinajstić information content (AvgIpc) is 1.72. The fourth-order valence-corrected chi connectivity index (χ4v) is 0.165. The third-order valence-electron chi connectivity index (χ3n) is 0.343. The Kier molecular flexibility index (Phi) is 3.32. The van der Waals surface area contributed by atoms with Crippen molar-refractivity contribution in [3.05, 3.63) is 12.4 Å². The smallest absolute Gasteiger partial charge is 0.0716 e. The first-order valence-electron chi connectivity index (χ1n) is 1.45. The molecular weight excluding hydrogens is 139 g/mol. The summed E-state index contributed by atoms with van der Waals surface area (Å²) in [4.78, 5) is 0. The predicted octanol–water partition coefficient (Wildman–Crippen LogP) is -0.736. The van der Waals surface area contributed by atoms with Crippen molar-refractivity contribution in [2.75, 3.05) is 0 Å². The van der Waals surface area contributed by atoms with E-state index in [9.17, 15) is 0 Å². The summed E-state index contributed by atoms with van der Waals surface area (Å²) in [5.41, 5.74) is 0. The van der Waals surface area contributed by atoms with E-state index >= 15 is 0 Å². The molecular formula is C2H2N4Ni. The van der Waals surface area contributed by atoms with Crippen molar-refractivity contribution >= 4 is 0 Å². The molecule has 7 heavy (non-hydrogen) atoms. The first kappa shape index (κ1) is 6.43. The molecule has 0 fully saturated rings. The molecule has 1 aromatic heterocycles. The van der Waals surface area contributed by atoms with Gasteiger partial charge in [0.05, 0.1) is 12.4 Å². The molecule has 0 saturated carbocycles. The van der Waals surface area contributed by atoms with Gasteiger partial charge in [0.25, 0.3) is 0 Å². The molecule has 0 amide bonds. The molecule has 0 aliphatic heterocycles. The van der Waals surface area contributed by atoms with Crippen LogP contribution in [-0.4, -0.2) is 20.6 Å². The zero-order valence-corrected chi connectivity index (χ0v) is 4.25. The standard InChI is InChI=1S/C2H2N4.Ni/c1-2-4-6-5-3-1;/h1-2H;. The summed E-state index contributed by atoms with van der Waals surface area (Å²) >= 11 is 0. The van der Waals surface area contributed by atoms with E-state index in [1.165, 1.54) is 12.4 Å². The summed E-state index contributed by atoms with van der Waals surface area (Å²) in [5, 5.41) is 13.1. The van der Waals surface area contributed by atoms with Crippen LogP contribution in [0, 0.1) is 0 Å². The van der Waals surface area contributed by atoms with Crippen LogP contribution in [0.25, 0.3) is 0 Å². The van der Waals surface area contributed by atoms with Gasteiger partial charge in [-0.3, -0.25) is 0 Å². The van der Waals surface area contributed by atoms with Crippen LogP contribution in [0.2, 0.25) is 0 Å². The van der Waals surface area contributed by atoms with Gasteiger partial charge in [0.15, 0.2) is 0 Å². The summed E-state index contributed by atoms with van der Waals surface area (Å²) in [6.45, 7) is 0. The Morgan fingerprint density at radius 1 is 0.857 bits per heavy atom. The molecule has 0 aromatic carbocycles. The fourth-order valence-electron chi connectivity index (χ4n) is 0.165. The minimum Gasteiger partial charge on any atom is -0.136 e. The molecule has 1 aromatic rings. The molecule has 0 aliphatic rings. The second kappa shape index (κ2) is 3.62. The second-order valence-electron chi connectivity index (χ2n) is 0.708. The largest absolute Gasteiger partial charge is 0.136 e. The Bertz CT molecular complexity index is 81.6. The molecule has 0 aliphatic carbocycles. The van der Waals surface area contributed by atoms with E-state index in [0.29, 0.717) is 0 Å². The van der Waals surface area contributed by atoms with Crippen molar-refractivity contribution in [2.24, 2.45) is 0 Å². The van der Waals surface area contributed by atoms with Crippen LogP contribution in [-0.2, 0) is 16.5 Å². The SMILES string of the molecule is [Ni].c1cnnnn1. The minimum atomic E-state index is 0. The van der Waals surface area contributed by atoms with Crippen LogP contribution < -0.4 is 0 Å². The van der Waals surface area contributed by atoms with Crippen LogP contribution in [0.5, 0.6) is 0 Å². The molecule has 0 saturated heterocycles. The van der Waals surface area contributed by atoms with Crippen molar-refractivity contribution in [2.45, 2.75) is 0 Å². The third kappa shape index (κ3) is 2.17. The van der Waals surface area contributed by atoms with E-state index in [1.807, 2.05) is 0 Å². The van der Waals surface area contributed by atoms with Crippen molar-refractivity contribution in [3.8, 4) is 0 Å². The fraction of sp³-hybridized carbons (Fsp3) is 0. The van der Waals surface area contributed by atoms with Gasteiger partial charge in [-0.25, -0.2) is 0 Å². The van der Waals surface area contributed by atoms with Gasteiger partial charge >= 0.3 is 0 Å². The van der Waals surface area contributed by atoms with Gasteiger partial charge in [0.2, 0.25) is 0 Å². The monoisotopic (exact) mass is 140 g/mol. The Morgan fingerprint density at radius 3 is 1.43 bits per heavy atom. The summed E-state index contributed by atoms with van der Waals surface area (Å²) in [7, 11) is 0. The maximum absolute atomic E-state index is 3.36. The molecule has 40 valence electrons. The van der Waals surface area contributed by atoms with Gasteiger partial charge < -0.3 is 0 Å². The van der Waals surface area contributed by atoms with E-state index in [4.69, 9.17) is 0 Å². The maximum Gasteiger partial charge on any atom is 0.0716 e. The summed E-state index contributed by atoms with van der Waals surface area (Å²) in [5.74, 6) is 0. The predicted molar refractivity (Wildman–Crippen MR) is 17.6 cm³/mol. The van der Waals surface area contributed by atoms with E-state index < -0.39 is 0 Å². The third-order valence-corrected chi connectivity index (χ3v) is 0.343. The van der Waals surface area contributed by atoms with Crippen LogP contribution in [0.4, 0.5) is 0 Å². The Labute approximate surface area is 50.3 Å². The van der Waals surface area contributed by atoms with E-state index in [1.54, 1.807) is 0 Å². The number of hydrogen-bond acceptors (Lipinski definition) is 4. The van der Waals surface area contributed by atoms with Crippen molar-refractivity contribution in [1.82, 2.24) is 20.6 Å². The van der Waals surface area contributed by atoms with Crippen LogP contribution in [0.3, 0.4) is 0 Å². The summed E-state index contributed by atoms with van der Waals surface area (Å²) in [6.07, 6.45) is 2.93. The van der Waals surface area contributed by atoms with Crippen LogP contribution in [0.15, 0.2) is 12.4 Å². The molecule has 0 atom stereocenters. The number of hydrogen-bond donors (Lipinski definition) is 0. The topological polar surface area (TPSA) is 51.6 Å². The van der Waals surface area contributed by atoms with E-state index in [0.717, 1.165) is 0 Å². The summed E-state index contributed by atoms with van der Waals surface area (Å²) < 4.78 is 0. The van der Waals surface area contributed by atoms with E-state index in [-0.39, 0.29) is 16.5 Å². The summed E-state index contributed by atoms with van der Waals surface area (Å²) in [6, 6.07) is 0. The number of nitrogens with zero attached hydrogens (tertiary/aromatic N) is 4. The molecule has 0 bridgehead atoms. The molecule has 5 heteroatoms. The van der Waals surface area contributed by atoms with Crippen LogP contribution in [0.1, 0.15) is 0 Å². The minimum absolute atomic E-state index is 0. The molecule has 1 heterocycles.